The van der Waals surface area contributed by atoms with Crippen LogP contribution >= 0.6 is 0 Å². The van der Waals surface area contributed by atoms with Crippen LogP contribution in [-0.4, -0.2) is 60.5 Å². The molecule has 3 rings (SSSR count). The van der Waals surface area contributed by atoms with Crippen LogP contribution in [0.5, 0.6) is 0 Å². The predicted molar refractivity (Wildman–Crippen MR) is 92.6 cm³/mol. The van der Waals surface area contributed by atoms with Gasteiger partial charge < -0.3 is 14.5 Å². The van der Waals surface area contributed by atoms with Gasteiger partial charge in [0, 0.05) is 38.9 Å². The van der Waals surface area contributed by atoms with Crippen molar-refractivity contribution in [1.82, 2.24) is 9.80 Å². The Hall–Kier alpha value is -2.35. The van der Waals surface area contributed by atoms with Crippen LogP contribution in [0.15, 0.2) is 30.3 Å². The van der Waals surface area contributed by atoms with Crippen molar-refractivity contribution in [3.8, 4) is 0 Å². The summed E-state index contributed by atoms with van der Waals surface area (Å²) in [6, 6.07) is 4.81. The minimum atomic E-state index is -4.42. The summed E-state index contributed by atoms with van der Waals surface area (Å²) in [6.07, 6.45) is -0.519. The van der Waals surface area contributed by atoms with E-state index in [-0.39, 0.29) is 17.9 Å². The molecular formula is C19H21F3N2O3. The molecule has 0 saturated carbocycles. The number of carbonyl (C=O) groups is 2. The molecule has 0 aliphatic carbocycles. The lowest BCUT2D eigenvalue weighted by atomic mass is 10.1. The third kappa shape index (κ3) is 4.88. The second-order valence-corrected chi connectivity index (χ2v) is 6.61. The lowest BCUT2D eigenvalue weighted by Crippen LogP contribution is -2.52. The van der Waals surface area contributed by atoms with E-state index in [1.54, 1.807) is 9.80 Å². The fourth-order valence-corrected chi connectivity index (χ4v) is 3.21. The Morgan fingerprint density at radius 2 is 1.81 bits per heavy atom. The van der Waals surface area contributed by atoms with Crippen molar-refractivity contribution in [1.29, 1.82) is 0 Å². The van der Waals surface area contributed by atoms with E-state index in [2.05, 4.69) is 0 Å². The fraction of sp³-hybridized carbons (Fsp3) is 0.474. The fourth-order valence-electron chi connectivity index (χ4n) is 3.21. The van der Waals surface area contributed by atoms with Gasteiger partial charge in [-0.2, -0.15) is 13.2 Å². The number of rotatable bonds is 3. The van der Waals surface area contributed by atoms with Gasteiger partial charge in [0.2, 0.25) is 5.91 Å². The SMILES string of the molecule is O=C(C=Cc1cccc(C(F)(F)F)c1)N1CCN(C(=O)C2CCCO2)CC1. The maximum atomic E-state index is 12.7. The molecule has 2 fully saturated rings. The highest BCUT2D eigenvalue weighted by atomic mass is 19.4. The first kappa shape index (κ1) is 19.4. The highest BCUT2D eigenvalue weighted by Crippen LogP contribution is 2.29. The Kier molecular flexibility index (Phi) is 5.84. The summed E-state index contributed by atoms with van der Waals surface area (Å²) in [5.41, 5.74) is -0.441. The molecule has 0 N–H and O–H groups in total. The summed E-state index contributed by atoms with van der Waals surface area (Å²) < 4.78 is 43.6. The first-order chi connectivity index (χ1) is 12.8. The molecule has 2 heterocycles. The molecule has 0 spiro atoms. The van der Waals surface area contributed by atoms with E-state index < -0.39 is 11.7 Å². The number of benzene rings is 1. The van der Waals surface area contributed by atoms with Gasteiger partial charge in [-0.15, -0.1) is 0 Å². The third-order valence-electron chi connectivity index (χ3n) is 4.74. The van der Waals surface area contributed by atoms with Crippen molar-refractivity contribution in [3.63, 3.8) is 0 Å². The zero-order valence-electron chi connectivity index (χ0n) is 14.7. The summed E-state index contributed by atoms with van der Waals surface area (Å²) in [5, 5.41) is 0. The summed E-state index contributed by atoms with van der Waals surface area (Å²) in [5.74, 6) is -0.310. The molecule has 1 atom stereocenters. The van der Waals surface area contributed by atoms with E-state index in [1.807, 2.05) is 0 Å². The van der Waals surface area contributed by atoms with Crippen LogP contribution in [-0.2, 0) is 20.5 Å². The normalized spacial score (nSPS) is 21.1. The van der Waals surface area contributed by atoms with Crippen molar-refractivity contribution in [2.75, 3.05) is 32.8 Å². The predicted octanol–water partition coefficient (Wildman–Crippen LogP) is 2.57. The van der Waals surface area contributed by atoms with Gasteiger partial charge in [-0.3, -0.25) is 9.59 Å². The number of ether oxygens (including phenoxy) is 1. The standard InChI is InChI=1S/C19H21F3N2O3/c20-19(21,22)15-4-1-3-14(13-15)6-7-17(25)23-8-10-24(11-9-23)18(26)16-5-2-12-27-16/h1,3-4,6-7,13,16H,2,5,8-12H2. The van der Waals surface area contributed by atoms with Crippen LogP contribution in [0.4, 0.5) is 13.2 Å². The van der Waals surface area contributed by atoms with Crippen molar-refractivity contribution in [3.05, 3.63) is 41.5 Å². The lowest BCUT2D eigenvalue weighted by Gasteiger charge is -2.35. The summed E-state index contributed by atoms with van der Waals surface area (Å²) in [6.45, 7) is 2.26. The molecular weight excluding hydrogens is 361 g/mol. The minimum absolute atomic E-state index is 0.0286. The van der Waals surface area contributed by atoms with Crippen molar-refractivity contribution < 1.29 is 27.5 Å². The molecule has 2 aliphatic heterocycles. The van der Waals surface area contributed by atoms with Crippen LogP contribution in [0.3, 0.4) is 0 Å². The van der Waals surface area contributed by atoms with Gasteiger partial charge in [-0.1, -0.05) is 12.1 Å². The zero-order chi connectivity index (χ0) is 19.4. The van der Waals surface area contributed by atoms with Crippen LogP contribution in [0.25, 0.3) is 6.08 Å². The lowest BCUT2D eigenvalue weighted by molar-refractivity contribution is -0.144. The molecule has 0 bridgehead atoms. The molecule has 146 valence electrons. The molecule has 0 radical (unpaired) electrons. The van der Waals surface area contributed by atoms with Crippen LogP contribution in [0.1, 0.15) is 24.0 Å². The molecule has 8 heteroatoms. The zero-order valence-corrected chi connectivity index (χ0v) is 14.7. The molecule has 1 unspecified atom stereocenters. The molecule has 1 aromatic rings. The number of hydrogen-bond donors (Lipinski definition) is 0. The highest BCUT2D eigenvalue weighted by Gasteiger charge is 2.31. The number of halogens is 3. The molecule has 27 heavy (non-hydrogen) atoms. The molecule has 2 amide bonds. The number of piperazine rings is 1. The minimum Gasteiger partial charge on any atom is -0.368 e. The van der Waals surface area contributed by atoms with Crippen molar-refractivity contribution >= 4 is 17.9 Å². The average molecular weight is 382 g/mol. The first-order valence-electron chi connectivity index (χ1n) is 8.89. The number of amides is 2. The summed E-state index contributed by atoms with van der Waals surface area (Å²) in [4.78, 5) is 27.9. The molecule has 1 aromatic carbocycles. The second kappa shape index (κ2) is 8.12. The quantitative estimate of drug-likeness (QED) is 0.755. The van der Waals surface area contributed by atoms with Gasteiger partial charge in [0.15, 0.2) is 0 Å². The molecule has 2 saturated heterocycles. The van der Waals surface area contributed by atoms with Gasteiger partial charge in [0.05, 0.1) is 5.56 Å². The van der Waals surface area contributed by atoms with E-state index in [0.29, 0.717) is 38.3 Å². The Bertz CT molecular complexity index is 719. The van der Waals surface area contributed by atoms with Crippen LogP contribution in [0, 0.1) is 0 Å². The number of carbonyl (C=O) groups excluding carboxylic acids is 2. The van der Waals surface area contributed by atoms with Crippen molar-refractivity contribution in [2.45, 2.75) is 25.1 Å². The van der Waals surface area contributed by atoms with E-state index in [9.17, 15) is 22.8 Å². The first-order valence-corrected chi connectivity index (χ1v) is 8.89. The molecule has 2 aliphatic rings. The van der Waals surface area contributed by atoms with Crippen LogP contribution in [0.2, 0.25) is 0 Å². The highest BCUT2D eigenvalue weighted by molar-refractivity contribution is 5.92. The van der Waals surface area contributed by atoms with E-state index in [4.69, 9.17) is 4.74 Å². The van der Waals surface area contributed by atoms with Gasteiger partial charge >= 0.3 is 6.18 Å². The van der Waals surface area contributed by atoms with Gasteiger partial charge in [0.25, 0.3) is 5.91 Å². The third-order valence-corrected chi connectivity index (χ3v) is 4.74. The Morgan fingerprint density at radius 3 is 2.44 bits per heavy atom. The molecule has 0 aromatic heterocycles. The van der Waals surface area contributed by atoms with Gasteiger partial charge in [-0.25, -0.2) is 0 Å². The van der Waals surface area contributed by atoms with E-state index >= 15 is 0 Å². The smallest absolute Gasteiger partial charge is 0.368 e. The second-order valence-electron chi connectivity index (χ2n) is 6.61. The summed E-state index contributed by atoms with van der Waals surface area (Å²) >= 11 is 0. The Morgan fingerprint density at radius 1 is 1.11 bits per heavy atom. The number of alkyl halides is 3. The topological polar surface area (TPSA) is 49.9 Å². The summed E-state index contributed by atoms with van der Waals surface area (Å²) in [7, 11) is 0. The number of nitrogens with zero attached hydrogens (tertiary/aromatic N) is 2. The van der Waals surface area contributed by atoms with Crippen molar-refractivity contribution in [2.24, 2.45) is 0 Å². The van der Waals surface area contributed by atoms with Gasteiger partial charge in [0.1, 0.15) is 6.10 Å². The number of hydrogen-bond acceptors (Lipinski definition) is 3. The Balaban J connectivity index is 1.53. The Labute approximate surface area is 155 Å². The maximum Gasteiger partial charge on any atom is 0.416 e. The maximum absolute atomic E-state index is 12.7. The average Bonchev–Trinajstić information content (AvgIpc) is 3.20. The largest absolute Gasteiger partial charge is 0.416 e. The monoisotopic (exact) mass is 382 g/mol. The van der Waals surface area contributed by atoms with Crippen LogP contribution < -0.4 is 0 Å². The van der Waals surface area contributed by atoms with E-state index in [1.165, 1.54) is 24.3 Å². The molecule has 5 nitrogen and oxygen atoms in total. The van der Waals surface area contributed by atoms with E-state index in [0.717, 1.165) is 25.0 Å². The van der Waals surface area contributed by atoms with Gasteiger partial charge in [-0.05, 0) is 36.6 Å².